The highest BCUT2D eigenvalue weighted by Gasteiger charge is 2.15. The first-order chi connectivity index (χ1) is 8.49. The van der Waals surface area contributed by atoms with Crippen molar-refractivity contribution in [3.63, 3.8) is 0 Å². The molecule has 2 N–H and O–H groups in total. The van der Waals surface area contributed by atoms with Gasteiger partial charge >= 0.3 is 0 Å². The van der Waals surface area contributed by atoms with E-state index in [0.717, 1.165) is 16.9 Å². The summed E-state index contributed by atoms with van der Waals surface area (Å²) in [6, 6.07) is 5.88. The van der Waals surface area contributed by atoms with Gasteiger partial charge in [0.25, 0.3) is 5.91 Å². The van der Waals surface area contributed by atoms with Crippen molar-refractivity contribution in [3.05, 3.63) is 46.3 Å². The van der Waals surface area contributed by atoms with Crippen molar-refractivity contribution < 1.29 is 4.79 Å². The molecule has 1 amide bonds. The molecule has 2 rings (SSSR count). The van der Waals surface area contributed by atoms with Crippen molar-refractivity contribution in [3.8, 4) is 0 Å². The molecule has 0 radical (unpaired) electrons. The summed E-state index contributed by atoms with van der Waals surface area (Å²) < 4.78 is 0. The molecule has 0 aliphatic carbocycles. The summed E-state index contributed by atoms with van der Waals surface area (Å²) >= 11 is 0. The van der Waals surface area contributed by atoms with Gasteiger partial charge in [-0.3, -0.25) is 9.89 Å². The second-order valence-electron chi connectivity index (χ2n) is 4.56. The number of carbonyl (C=O) groups is 1. The van der Waals surface area contributed by atoms with Crippen molar-refractivity contribution in [2.45, 2.75) is 27.7 Å². The number of aromatic nitrogens is 2. The molecule has 0 saturated carbocycles. The second kappa shape index (κ2) is 4.64. The predicted octanol–water partition coefficient (Wildman–Crippen LogP) is 2.90. The number of hydrogen-bond donors (Lipinski definition) is 2. The fourth-order valence-electron chi connectivity index (χ4n) is 1.90. The number of anilines is 1. The summed E-state index contributed by atoms with van der Waals surface area (Å²) in [5, 5.41) is 9.73. The van der Waals surface area contributed by atoms with E-state index in [2.05, 4.69) is 15.5 Å². The van der Waals surface area contributed by atoms with Gasteiger partial charge in [-0.15, -0.1) is 0 Å². The molecule has 0 spiro atoms. The van der Waals surface area contributed by atoms with E-state index in [4.69, 9.17) is 0 Å². The largest absolute Gasteiger partial charge is 0.322 e. The normalized spacial score (nSPS) is 10.4. The lowest BCUT2D eigenvalue weighted by Gasteiger charge is -2.07. The van der Waals surface area contributed by atoms with Crippen LogP contribution in [0.1, 0.15) is 32.9 Å². The first-order valence-electron chi connectivity index (χ1n) is 5.89. The quantitative estimate of drug-likeness (QED) is 0.852. The zero-order valence-corrected chi connectivity index (χ0v) is 11.1. The molecule has 0 aliphatic rings. The highest BCUT2D eigenvalue weighted by Crippen LogP contribution is 2.17. The zero-order chi connectivity index (χ0) is 13.3. The van der Waals surface area contributed by atoms with Crippen molar-refractivity contribution in [2.75, 3.05) is 5.32 Å². The number of aromatic amines is 1. The van der Waals surface area contributed by atoms with Crippen molar-refractivity contribution in [2.24, 2.45) is 0 Å². The minimum absolute atomic E-state index is 0.123. The van der Waals surface area contributed by atoms with E-state index >= 15 is 0 Å². The molecule has 0 unspecified atom stereocenters. The summed E-state index contributed by atoms with van der Waals surface area (Å²) in [6.07, 6.45) is 0. The third-order valence-electron chi connectivity index (χ3n) is 3.12. The summed E-state index contributed by atoms with van der Waals surface area (Å²) in [5.41, 5.74) is 5.30. The lowest BCUT2D eigenvalue weighted by molar-refractivity contribution is 0.102. The van der Waals surface area contributed by atoms with Gasteiger partial charge in [-0.2, -0.15) is 5.10 Å². The molecule has 18 heavy (non-hydrogen) atoms. The second-order valence-corrected chi connectivity index (χ2v) is 4.56. The molecule has 1 aromatic carbocycles. The summed E-state index contributed by atoms with van der Waals surface area (Å²) in [4.78, 5) is 12.1. The van der Waals surface area contributed by atoms with E-state index in [-0.39, 0.29) is 5.91 Å². The van der Waals surface area contributed by atoms with E-state index in [1.165, 1.54) is 5.56 Å². The van der Waals surface area contributed by atoms with E-state index < -0.39 is 0 Å². The van der Waals surface area contributed by atoms with E-state index in [9.17, 15) is 4.79 Å². The number of carbonyl (C=O) groups excluding carboxylic acids is 1. The first-order valence-corrected chi connectivity index (χ1v) is 5.89. The third-order valence-corrected chi connectivity index (χ3v) is 3.12. The molecular weight excluding hydrogens is 226 g/mol. The molecule has 0 saturated heterocycles. The minimum Gasteiger partial charge on any atom is -0.322 e. The van der Waals surface area contributed by atoms with E-state index in [0.29, 0.717) is 11.3 Å². The number of aryl methyl sites for hydroxylation is 4. The molecule has 0 fully saturated rings. The summed E-state index contributed by atoms with van der Waals surface area (Å²) in [5.74, 6) is -0.123. The number of nitrogens with zero attached hydrogens (tertiary/aromatic N) is 1. The maximum atomic E-state index is 12.1. The van der Waals surface area contributed by atoms with Gasteiger partial charge in [-0.05, 0) is 51.0 Å². The number of amides is 1. The Labute approximate surface area is 106 Å². The van der Waals surface area contributed by atoms with Crippen LogP contribution in [0.15, 0.2) is 18.2 Å². The Morgan fingerprint density at radius 3 is 2.44 bits per heavy atom. The minimum atomic E-state index is -0.123. The molecule has 4 heteroatoms. The van der Waals surface area contributed by atoms with Gasteiger partial charge in [-0.25, -0.2) is 0 Å². The average Bonchev–Trinajstić information content (AvgIpc) is 2.64. The molecule has 1 heterocycles. The Bertz CT molecular complexity index is 580. The van der Waals surface area contributed by atoms with Crippen molar-refractivity contribution >= 4 is 11.6 Å². The van der Waals surface area contributed by atoms with Gasteiger partial charge in [0, 0.05) is 11.4 Å². The summed E-state index contributed by atoms with van der Waals surface area (Å²) in [6.45, 7) is 7.73. The van der Waals surface area contributed by atoms with E-state index in [1.54, 1.807) is 0 Å². The molecule has 1 aromatic heterocycles. The Morgan fingerprint density at radius 2 is 1.89 bits per heavy atom. The van der Waals surface area contributed by atoms with Crippen LogP contribution in [0.4, 0.5) is 5.69 Å². The molecule has 0 aliphatic heterocycles. The van der Waals surface area contributed by atoms with Crippen LogP contribution in [0.5, 0.6) is 0 Å². The highest BCUT2D eigenvalue weighted by atomic mass is 16.1. The fourth-order valence-corrected chi connectivity index (χ4v) is 1.90. The third kappa shape index (κ3) is 2.27. The lowest BCUT2D eigenvalue weighted by Crippen LogP contribution is -2.13. The number of rotatable bonds is 2. The molecule has 2 aromatic rings. The van der Waals surface area contributed by atoms with Gasteiger partial charge < -0.3 is 5.32 Å². The number of nitrogens with one attached hydrogen (secondary N) is 2. The van der Waals surface area contributed by atoms with Gasteiger partial charge in [0.15, 0.2) is 0 Å². The zero-order valence-electron chi connectivity index (χ0n) is 11.1. The van der Waals surface area contributed by atoms with Crippen molar-refractivity contribution in [1.29, 1.82) is 0 Å². The van der Waals surface area contributed by atoms with E-state index in [1.807, 2.05) is 45.9 Å². The Balaban J connectivity index is 2.24. The van der Waals surface area contributed by atoms with Crippen molar-refractivity contribution in [1.82, 2.24) is 10.2 Å². The van der Waals surface area contributed by atoms with Gasteiger partial charge in [0.2, 0.25) is 0 Å². The molecule has 4 nitrogen and oxygen atoms in total. The average molecular weight is 243 g/mol. The molecular formula is C14H17N3O. The number of H-pyrrole nitrogens is 1. The Morgan fingerprint density at radius 1 is 1.17 bits per heavy atom. The Hall–Kier alpha value is -2.10. The number of hydrogen-bond acceptors (Lipinski definition) is 2. The molecule has 0 atom stereocenters. The van der Waals surface area contributed by atoms with Crippen LogP contribution in [0, 0.1) is 27.7 Å². The lowest BCUT2D eigenvalue weighted by atomic mass is 10.1. The Kier molecular flexibility index (Phi) is 3.19. The monoisotopic (exact) mass is 243 g/mol. The summed E-state index contributed by atoms with van der Waals surface area (Å²) in [7, 11) is 0. The smallest absolute Gasteiger partial charge is 0.259 e. The van der Waals surface area contributed by atoms with Gasteiger partial charge in [0.05, 0.1) is 11.3 Å². The van der Waals surface area contributed by atoms with Crippen LogP contribution >= 0.6 is 0 Å². The maximum Gasteiger partial charge on any atom is 0.259 e. The van der Waals surface area contributed by atoms with Gasteiger partial charge in [-0.1, -0.05) is 6.07 Å². The van der Waals surface area contributed by atoms with Crippen LogP contribution in [0.25, 0.3) is 0 Å². The first kappa shape index (κ1) is 12.4. The SMILES string of the molecule is Cc1ccc(NC(=O)c2c(C)n[nH]c2C)cc1C. The van der Waals surface area contributed by atoms with Crippen LogP contribution in [0.3, 0.4) is 0 Å². The van der Waals surface area contributed by atoms with Crippen LogP contribution in [-0.4, -0.2) is 16.1 Å². The topological polar surface area (TPSA) is 57.8 Å². The van der Waals surface area contributed by atoms with Gasteiger partial charge in [0.1, 0.15) is 0 Å². The fraction of sp³-hybridized carbons (Fsp3) is 0.286. The maximum absolute atomic E-state index is 12.1. The molecule has 0 bridgehead atoms. The standard InChI is InChI=1S/C14H17N3O/c1-8-5-6-12(7-9(8)2)15-14(18)13-10(3)16-17-11(13)4/h5-7H,1-4H3,(H,15,18)(H,16,17). The molecule has 94 valence electrons. The highest BCUT2D eigenvalue weighted by molar-refractivity contribution is 6.05. The van der Waals surface area contributed by atoms with Crippen LogP contribution in [-0.2, 0) is 0 Å². The predicted molar refractivity (Wildman–Crippen MR) is 71.9 cm³/mol. The van der Waals surface area contributed by atoms with Crippen LogP contribution < -0.4 is 5.32 Å². The number of benzene rings is 1. The van der Waals surface area contributed by atoms with Crippen LogP contribution in [0.2, 0.25) is 0 Å².